The average Bonchev–Trinajstić information content (AvgIpc) is 2.83. The molecule has 0 fully saturated rings. The van der Waals surface area contributed by atoms with E-state index in [4.69, 9.17) is 46.9 Å². The third kappa shape index (κ3) is 9.75. The second-order valence-corrected chi connectivity index (χ2v) is 10.3. The van der Waals surface area contributed by atoms with Gasteiger partial charge in [-0.2, -0.15) is 0 Å². The number of rotatable bonds is 13. The Morgan fingerprint density at radius 3 is 1.89 bits per heavy atom. The van der Waals surface area contributed by atoms with Gasteiger partial charge in [0.15, 0.2) is 6.10 Å². The molecule has 13 heteroatoms. The lowest BCUT2D eigenvalue weighted by Gasteiger charge is -2.17. The van der Waals surface area contributed by atoms with Gasteiger partial charge in [-0.3, -0.25) is 14.4 Å². The van der Waals surface area contributed by atoms with Crippen LogP contribution in [0, 0.1) is 0 Å². The van der Waals surface area contributed by atoms with Crippen molar-refractivity contribution in [2.45, 2.75) is 42.8 Å². The number of hydrogen-bond donors (Lipinski definition) is 0. The summed E-state index contributed by atoms with van der Waals surface area (Å²) < 4.78 is 52.1. The smallest absolute Gasteiger partial charge is 0.303 e. The Balaban J connectivity index is 2.07. The van der Waals surface area contributed by atoms with Gasteiger partial charge in [-0.1, -0.05) is 11.6 Å². The highest BCUT2D eigenvalue weighted by molar-refractivity contribution is 7.91. The van der Waals surface area contributed by atoms with E-state index in [0.717, 1.165) is 0 Å². The number of sulfone groups is 1. The van der Waals surface area contributed by atoms with Crippen LogP contribution in [0.25, 0.3) is 0 Å². The quantitative estimate of drug-likeness (QED) is 0.198. The van der Waals surface area contributed by atoms with Crippen LogP contribution in [0.4, 0.5) is 0 Å². The summed E-state index contributed by atoms with van der Waals surface area (Å²) in [5.74, 6) is -1.09. The highest BCUT2D eigenvalue weighted by atomic mass is 35.5. The molecule has 202 valence electrons. The highest BCUT2D eigenvalue weighted by Gasteiger charge is 2.21. The van der Waals surface area contributed by atoms with Crippen molar-refractivity contribution in [2.75, 3.05) is 25.7 Å². The lowest BCUT2D eigenvalue weighted by molar-refractivity contribution is -0.158. The van der Waals surface area contributed by atoms with Crippen molar-refractivity contribution in [3.8, 4) is 11.5 Å². The molecule has 0 aliphatic heterocycles. The number of alkyl halides is 1. The van der Waals surface area contributed by atoms with E-state index in [1.165, 1.54) is 63.2 Å². The molecular formula is C24H26Cl2O10S. The number of halogens is 2. The van der Waals surface area contributed by atoms with Gasteiger partial charge in [0, 0.05) is 20.8 Å². The number of ether oxygens (including phenoxy) is 5. The maximum absolute atomic E-state index is 13.1. The number of benzene rings is 2. The van der Waals surface area contributed by atoms with E-state index in [2.05, 4.69) is 0 Å². The summed E-state index contributed by atoms with van der Waals surface area (Å²) in [5.41, 5.74) is 0. The highest BCUT2D eigenvalue weighted by Crippen LogP contribution is 2.31. The van der Waals surface area contributed by atoms with Crippen LogP contribution in [0.3, 0.4) is 0 Å². The largest absolute Gasteiger partial charge is 0.490 e. The van der Waals surface area contributed by atoms with Gasteiger partial charge in [-0.05, 0) is 42.5 Å². The number of esters is 3. The fourth-order valence-corrected chi connectivity index (χ4v) is 4.63. The fraction of sp³-hybridized carbons (Fsp3) is 0.375. The van der Waals surface area contributed by atoms with E-state index in [1.807, 2.05) is 0 Å². The van der Waals surface area contributed by atoms with Crippen LogP contribution < -0.4 is 9.47 Å². The molecule has 0 aliphatic rings. The minimum absolute atomic E-state index is 0.0139. The second kappa shape index (κ2) is 14.1. The van der Waals surface area contributed by atoms with Gasteiger partial charge < -0.3 is 23.7 Å². The maximum Gasteiger partial charge on any atom is 0.303 e. The Bertz CT molecular complexity index is 1200. The molecule has 0 bridgehead atoms. The van der Waals surface area contributed by atoms with Gasteiger partial charge in [-0.25, -0.2) is 8.42 Å². The fourth-order valence-electron chi connectivity index (χ4n) is 2.89. The molecule has 0 aliphatic carbocycles. The van der Waals surface area contributed by atoms with Gasteiger partial charge in [0.2, 0.25) is 9.84 Å². The molecule has 0 heterocycles. The van der Waals surface area contributed by atoms with Gasteiger partial charge in [0.25, 0.3) is 0 Å². The standard InChI is InChI=1S/C24H26Cl2O10S/c1-15(27)32-13-20(36-17(3)29)14-33-18-4-6-21(7-5-18)37(30,31)22-8-9-24(23(26)10-22)34-12-19(11-25)35-16(2)28/h4-10,19-20H,11-14H2,1-3H3. The van der Waals surface area contributed by atoms with Crippen molar-refractivity contribution in [2.24, 2.45) is 0 Å². The SMILES string of the molecule is CC(=O)OCC(COc1ccc(S(=O)(=O)c2ccc(OCC(CCl)OC(C)=O)c(Cl)c2)cc1)OC(C)=O. The number of carbonyl (C=O) groups excluding carboxylic acids is 3. The van der Waals surface area contributed by atoms with E-state index in [9.17, 15) is 22.8 Å². The predicted molar refractivity (Wildman–Crippen MR) is 133 cm³/mol. The molecule has 2 unspecified atom stereocenters. The molecule has 0 saturated heterocycles. The molecule has 2 atom stereocenters. The van der Waals surface area contributed by atoms with Gasteiger partial charge >= 0.3 is 17.9 Å². The lowest BCUT2D eigenvalue weighted by atomic mass is 10.3. The molecule has 0 aromatic heterocycles. The first-order valence-electron chi connectivity index (χ1n) is 10.9. The monoisotopic (exact) mass is 576 g/mol. The summed E-state index contributed by atoms with van der Waals surface area (Å²) in [5, 5.41) is 0.0430. The van der Waals surface area contributed by atoms with Crippen molar-refractivity contribution >= 4 is 50.9 Å². The molecular weight excluding hydrogens is 551 g/mol. The molecule has 0 N–H and O–H groups in total. The first-order valence-corrected chi connectivity index (χ1v) is 13.3. The third-order valence-corrected chi connectivity index (χ3v) is 6.93. The van der Waals surface area contributed by atoms with E-state index < -0.39 is 40.0 Å². The summed E-state index contributed by atoms with van der Waals surface area (Å²) in [6.07, 6.45) is -1.52. The number of hydrogen-bond acceptors (Lipinski definition) is 10. The maximum atomic E-state index is 13.1. The predicted octanol–water partition coefficient (Wildman–Crippen LogP) is 3.60. The summed E-state index contributed by atoms with van der Waals surface area (Å²) in [4.78, 5) is 33.2. The lowest BCUT2D eigenvalue weighted by Crippen LogP contribution is -2.29. The molecule has 37 heavy (non-hydrogen) atoms. The van der Waals surface area contributed by atoms with Crippen molar-refractivity contribution in [3.63, 3.8) is 0 Å². The third-order valence-electron chi connectivity index (χ3n) is 4.52. The first-order chi connectivity index (χ1) is 17.4. The van der Waals surface area contributed by atoms with Crippen LogP contribution in [0.5, 0.6) is 11.5 Å². The summed E-state index contributed by atoms with van der Waals surface area (Å²) in [6, 6.07) is 9.54. The van der Waals surface area contributed by atoms with Crippen LogP contribution >= 0.6 is 23.2 Å². The van der Waals surface area contributed by atoms with E-state index in [1.54, 1.807) is 0 Å². The van der Waals surface area contributed by atoms with Gasteiger partial charge in [-0.15, -0.1) is 11.6 Å². The van der Waals surface area contributed by atoms with Crippen molar-refractivity contribution in [1.29, 1.82) is 0 Å². The van der Waals surface area contributed by atoms with Crippen LogP contribution in [0.2, 0.25) is 5.02 Å². The normalized spacial score (nSPS) is 12.7. The Kier molecular flexibility index (Phi) is 11.5. The second-order valence-electron chi connectivity index (χ2n) is 7.61. The van der Waals surface area contributed by atoms with Gasteiger partial charge in [0.1, 0.15) is 37.4 Å². The Labute approximate surface area is 224 Å². The zero-order chi connectivity index (χ0) is 27.6. The number of carbonyl (C=O) groups is 3. The Morgan fingerprint density at radius 1 is 0.784 bits per heavy atom. The Hall–Kier alpha value is -3.02. The topological polar surface area (TPSA) is 132 Å². The van der Waals surface area contributed by atoms with E-state index in [-0.39, 0.29) is 46.3 Å². The minimum atomic E-state index is -3.92. The molecule has 10 nitrogen and oxygen atoms in total. The molecule has 2 aromatic rings. The molecule has 0 radical (unpaired) electrons. The Morgan fingerprint density at radius 2 is 1.35 bits per heavy atom. The zero-order valence-corrected chi connectivity index (χ0v) is 22.6. The van der Waals surface area contributed by atoms with E-state index >= 15 is 0 Å². The molecule has 0 amide bonds. The van der Waals surface area contributed by atoms with Crippen LogP contribution in [-0.2, 0) is 38.4 Å². The van der Waals surface area contributed by atoms with E-state index in [0.29, 0.717) is 5.75 Å². The van der Waals surface area contributed by atoms with Crippen molar-refractivity contribution in [1.82, 2.24) is 0 Å². The van der Waals surface area contributed by atoms with Crippen molar-refractivity contribution < 1.29 is 46.5 Å². The molecule has 0 spiro atoms. The van der Waals surface area contributed by atoms with Gasteiger partial charge in [0.05, 0.1) is 20.7 Å². The molecule has 0 saturated carbocycles. The summed E-state index contributed by atoms with van der Waals surface area (Å²) in [7, 11) is -3.92. The summed E-state index contributed by atoms with van der Waals surface area (Å²) in [6.45, 7) is 3.33. The zero-order valence-electron chi connectivity index (χ0n) is 20.3. The molecule has 2 aromatic carbocycles. The molecule has 2 rings (SSSR count). The van der Waals surface area contributed by atoms with Crippen LogP contribution in [-0.4, -0.2) is 64.2 Å². The van der Waals surface area contributed by atoms with Crippen LogP contribution in [0.15, 0.2) is 52.3 Å². The average molecular weight is 577 g/mol. The minimum Gasteiger partial charge on any atom is -0.490 e. The van der Waals surface area contributed by atoms with Crippen molar-refractivity contribution in [3.05, 3.63) is 47.5 Å². The summed E-state index contributed by atoms with van der Waals surface area (Å²) >= 11 is 12.0. The van der Waals surface area contributed by atoms with Crippen LogP contribution in [0.1, 0.15) is 20.8 Å². The first kappa shape index (κ1) is 30.2.